The van der Waals surface area contributed by atoms with Gasteiger partial charge in [-0.1, -0.05) is 20.8 Å². The van der Waals surface area contributed by atoms with Crippen molar-refractivity contribution in [2.24, 2.45) is 5.92 Å². The van der Waals surface area contributed by atoms with E-state index in [9.17, 15) is 4.79 Å². The molecular weight excluding hydrogens is 166 g/mol. The maximum atomic E-state index is 11.7. The van der Waals surface area contributed by atoms with Gasteiger partial charge in [0, 0.05) is 12.5 Å². The Morgan fingerprint density at radius 2 is 2.31 bits per heavy atom. The van der Waals surface area contributed by atoms with Crippen molar-refractivity contribution in [1.29, 1.82) is 0 Å². The number of rotatable bonds is 2. The molecule has 0 saturated carbocycles. The molecule has 0 aromatic heterocycles. The van der Waals surface area contributed by atoms with Gasteiger partial charge in [-0.05, 0) is 6.42 Å². The van der Waals surface area contributed by atoms with Crippen molar-refractivity contribution in [3.8, 4) is 0 Å². The molecule has 1 saturated heterocycles. The molecule has 1 amide bonds. The van der Waals surface area contributed by atoms with E-state index in [0.717, 1.165) is 13.0 Å². The molecule has 0 bridgehead atoms. The van der Waals surface area contributed by atoms with Gasteiger partial charge in [0.1, 0.15) is 0 Å². The highest BCUT2D eigenvalue weighted by atomic mass is 16.5. The molecule has 13 heavy (non-hydrogen) atoms. The highest BCUT2D eigenvalue weighted by molar-refractivity contribution is 5.78. The second-order valence-corrected chi connectivity index (χ2v) is 3.82. The van der Waals surface area contributed by atoms with Gasteiger partial charge in [-0.15, -0.1) is 0 Å². The smallest absolute Gasteiger partial charge is 0.225 e. The molecule has 1 rings (SSSR count). The van der Waals surface area contributed by atoms with Crippen molar-refractivity contribution >= 4 is 5.91 Å². The second kappa shape index (κ2) is 4.61. The van der Waals surface area contributed by atoms with Crippen molar-refractivity contribution in [1.82, 2.24) is 4.90 Å². The third-order valence-electron chi connectivity index (χ3n) is 2.48. The fraction of sp³-hybridized carbons (Fsp3) is 0.900. The van der Waals surface area contributed by atoms with Gasteiger partial charge in [-0.25, -0.2) is 0 Å². The van der Waals surface area contributed by atoms with E-state index in [1.165, 1.54) is 0 Å². The Labute approximate surface area is 80.1 Å². The first-order chi connectivity index (χ1) is 6.16. The zero-order valence-electron chi connectivity index (χ0n) is 8.75. The average Bonchev–Trinajstić information content (AvgIpc) is 2.16. The standard InChI is InChI=1S/C10H19NO2/c1-4-9-7-13-6-5-11(9)10(12)8(2)3/h8-9H,4-7H2,1-3H3/t9-/m1/s1. The minimum Gasteiger partial charge on any atom is -0.377 e. The fourth-order valence-electron chi connectivity index (χ4n) is 1.61. The molecule has 3 heteroatoms. The van der Waals surface area contributed by atoms with Crippen molar-refractivity contribution in [3.63, 3.8) is 0 Å². The number of amides is 1. The Balaban J connectivity index is 2.58. The van der Waals surface area contributed by atoms with Crippen LogP contribution in [0.25, 0.3) is 0 Å². The molecule has 1 heterocycles. The molecule has 0 aromatic rings. The molecule has 0 aliphatic carbocycles. The molecule has 0 unspecified atom stereocenters. The minimum atomic E-state index is 0.104. The maximum absolute atomic E-state index is 11.7. The predicted molar refractivity (Wildman–Crippen MR) is 51.4 cm³/mol. The van der Waals surface area contributed by atoms with Gasteiger partial charge in [-0.2, -0.15) is 0 Å². The molecule has 1 aliphatic heterocycles. The molecule has 3 nitrogen and oxygen atoms in total. The lowest BCUT2D eigenvalue weighted by Crippen LogP contribution is -2.49. The van der Waals surface area contributed by atoms with E-state index in [-0.39, 0.29) is 11.8 Å². The Bertz CT molecular complexity index is 180. The lowest BCUT2D eigenvalue weighted by Gasteiger charge is -2.36. The van der Waals surface area contributed by atoms with Crippen LogP contribution in [0.4, 0.5) is 0 Å². The first kappa shape index (κ1) is 10.5. The van der Waals surface area contributed by atoms with Crippen LogP contribution in [0.5, 0.6) is 0 Å². The topological polar surface area (TPSA) is 29.5 Å². The van der Waals surface area contributed by atoms with E-state index in [0.29, 0.717) is 19.3 Å². The fourth-order valence-corrected chi connectivity index (χ4v) is 1.61. The SMILES string of the molecule is CC[C@@H]1COCCN1C(=O)C(C)C. The van der Waals surface area contributed by atoms with E-state index in [2.05, 4.69) is 6.92 Å². The molecule has 0 radical (unpaired) electrons. The molecule has 0 N–H and O–H groups in total. The summed E-state index contributed by atoms with van der Waals surface area (Å²) in [4.78, 5) is 13.7. The monoisotopic (exact) mass is 185 g/mol. The van der Waals surface area contributed by atoms with Crippen molar-refractivity contribution in [2.45, 2.75) is 33.2 Å². The lowest BCUT2D eigenvalue weighted by molar-refractivity contribution is -0.143. The Kier molecular flexibility index (Phi) is 3.72. The maximum Gasteiger partial charge on any atom is 0.225 e. The van der Waals surface area contributed by atoms with E-state index in [4.69, 9.17) is 4.74 Å². The molecule has 1 fully saturated rings. The first-order valence-electron chi connectivity index (χ1n) is 5.05. The molecule has 0 aromatic carbocycles. The van der Waals surface area contributed by atoms with Crippen LogP contribution in [0, 0.1) is 5.92 Å². The largest absolute Gasteiger partial charge is 0.377 e. The summed E-state index contributed by atoms with van der Waals surface area (Å²) in [7, 11) is 0. The lowest BCUT2D eigenvalue weighted by atomic mass is 10.1. The van der Waals surface area contributed by atoms with Gasteiger partial charge >= 0.3 is 0 Å². The number of morpholine rings is 1. The van der Waals surface area contributed by atoms with Crippen molar-refractivity contribution < 1.29 is 9.53 Å². The van der Waals surface area contributed by atoms with Crippen LogP contribution in [-0.4, -0.2) is 36.6 Å². The van der Waals surface area contributed by atoms with Gasteiger partial charge in [0.25, 0.3) is 0 Å². The first-order valence-corrected chi connectivity index (χ1v) is 5.05. The predicted octanol–water partition coefficient (Wildman–Crippen LogP) is 1.28. The summed E-state index contributed by atoms with van der Waals surface area (Å²) in [5.41, 5.74) is 0. The van der Waals surface area contributed by atoms with Crippen molar-refractivity contribution in [3.05, 3.63) is 0 Å². The Hall–Kier alpha value is -0.570. The van der Waals surface area contributed by atoms with Gasteiger partial charge in [0.05, 0.1) is 19.3 Å². The Morgan fingerprint density at radius 1 is 1.62 bits per heavy atom. The van der Waals surface area contributed by atoms with Crippen LogP contribution >= 0.6 is 0 Å². The van der Waals surface area contributed by atoms with Crippen LogP contribution in [0.3, 0.4) is 0 Å². The van der Waals surface area contributed by atoms with Crippen LogP contribution in [0.15, 0.2) is 0 Å². The summed E-state index contributed by atoms with van der Waals surface area (Å²) >= 11 is 0. The third-order valence-corrected chi connectivity index (χ3v) is 2.48. The van der Waals surface area contributed by atoms with E-state index >= 15 is 0 Å². The van der Waals surface area contributed by atoms with Crippen LogP contribution in [0.1, 0.15) is 27.2 Å². The summed E-state index contributed by atoms with van der Waals surface area (Å²) in [6.45, 7) is 8.15. The number of carbonyl (C=O) groups is 1. The Morgan fingerprint density at radius 3 is 2.85 bits per heavy atom. The quantitative estimate of drug-likeness (QED) is 0.648. The van der Waals surface area contributed by atoms with Gasteiger partial charge < -0.3 is 9.64 Å². The highest BCUT2D eigenvalue weighted by Gasteiger charge is 2.26. The number of hydrogen-bond donors (Lipinski definition) is 0. The average molecular weight is 185 g/mol. The summed E-state index contributed by atoms with van der Waals surface area (Å²) in [5.74, 6) is 0.363. The molecular formula is C10H19NO2. The highest BCUT2D eigenvalue weighted by Crippen LogP contribution is 2.13. The zero-order chi connectivity index (χ0) is 9.84. The van der Waals surface area contributed by atoms with Crippen LogP contribution < -0.4 is 0 Å². The summed E-state index contributed by atoms with van der Waals surface area (Å²) in [6, 6.07) is 0.295. The molecule has 1 aliphatic rings. The summed E-state index contributed by atoms with van der Waals surface area (Å²) in [5, 5.41) is 0. The summed E-state index contributed by atoms with van der Waals surface area (Å²) in [6.07, 6.45) is 0.985. The number of nitrogens with zero attached hydrogens (tertiary/aromatic N) is 1. The van der Waals surface area contributed by atoms with E-state index in [1.54, 1.807) is 0 Å². The normalized spacial score (nSPS) is 23.7. The van der Waals surface area contributed by atoms with Gasteiger partial charge in [0.15, 0.2) is 0 Å². The van der Waals surface area contributed by atoms with Crippen molar-refractivity contribution in [2.75, 3.05) is 19.8 Å². The van der Waals surface area contributed by atoms with Gasteiger partial charge in [0.2, 0.25) is 5.91 Å². The molecule has 1 atom stereocenters. The number of hydrogen-bond acceptors (Lipinski definition) is 2. The minimum absolute atomic E-state index is 0.104. The van der Waals surface area contributed by atoms with Crippen LogP contribution in [-0.2, 0) is 9.53 Å². The third kappa shape index (κ3) is 2.44. The number of ether oxygens (including phenoxy) is 1. The zero-order valence-corrected chi connectivity index (χ0v) is 8.75. The molecule has 76 valence electrons. The van der Waals surface area contributed by atoms with Gasteiger partial charge in [-0.3, -0.25) is 4.79 Å². The summed E-state index contributed by atoms with van der Waals surface area (Å²) < 4.78 is 5.34. The van der Waals surface area contributed by atoms with E-state index in [1.807, 2.05) is 18.7 Å². The second-order valence-electron chi connectivity index (χ2n) is 3.82. The molecule has 0 spiro atoms. The van der Waals surface area contributed by atoms with Crippen LogP contribution in [0.2, 0.25) is 0 Å². The van der Waals surface area contributed by atoms with E-state index < -0.39 is 0 Å². The number of carbonyl (C=O) groups excluding carboxylic acids is 1.